The van der Waals surface area contributed by atoms with Gasteiger partial charge in [0.1, 0.15) is 23.4 Å². The van der Waals surface area contributed by atoms with Crippen LogP contribution in [0.15, 0.2) is 66.4 Å². The average molecular weight is 634 g/mol. The number of nitrogens with zero attached hydrogens (tertiary/aromatic N) is 3. The zero-order valence-electron chi connectivity index (χ0n) is 23.4. The van der Waals surface area contributed by atoms with E-state index < -0.39 is 83.4 Å². The first kappa shape index (κ1) is 30.6. The van der Waals surface area contributed by atoms with Crippen LogP contribution in [0.2, 0.25) is 0 Å². The van der Waals surface area contributed by atoms with Gasteiger partial charge in [0, 0.05) is 52.4 Å². The van der Waals surface area contributed by atoms with E-state index in [1.807, 2.05) is 0 Å². The van der Waals surface area contributed by atoms with Crippen molar-refractivity contribution in [3.63, 3.8) is 0 Å². The van der Waals surface area contributed by atoms with Crippen LogP contribution in [0.25, 0.3) is 16.8 Å². The number of carbonyl (C=O) groups excluding carboxylic acids is 1. The SMILES string of the molecule is C=C(N)c1cc(-c2cccnc2[C@@H](CC(=O)C[N+]2=C3C(C(C(F)(F)F)=N2)C2CC2C3(F)F)Cc2cc(F)cc(F)c2)ccc1F. The second kappa shape index (κ2) is 10.9. The molecule has 0 saturated heterocycles. The van der Waals surface area contributed by atoms with Crippen LogP contribution in [0.3, 0.4) is 0 Å². The number of nitrogens with two attached hydrogens (primary N) is 1. The van der Waals surface area contributed by atoms with Gasteiger partial charge < -0.3 is 5.73 Å². The van der Waals surface area contributed by atoms with E-state index in [0.29, 0.717) is 21.9 Å². The summed E-state index contributed by atoms with van der Waals surface area (Å²) in [5, 5.41) is 3.46. The molecule has 3 aliphatic rings. The molecule has 0 spiro atoms. The molecule has 2 fully saturated rings. The first-order valence-electron chi connectivity index (χ1n) is 14.0. The molecular weight excluding hydrogens is 608 g/mol. The minimum absolute atomic E-state index is 0.0108. The van der Waals surface area contributed by atoms with Gasteiger partial charge in [0.15, 0.2) is 0 Å². The third-order valence-corrected chi connectivity index (χ3v) is 8.51. The molecule has 0 bridgehead atoms. The van der Waals surface area contributed by atoms with Crippen molar-refractivity contribution in [1.29, 1.82) is 0 Å². The van der Waals surface area contributed by atoms with E-state index >= 15 is 8.78 Å². The Morgan fingerprint density at radius 1 is 1.09 bits per heavy atom. The Morgan fingerprint density at radius 2 is 1.80 bits per heavy atom. The zero-order chi connectivity index (χ0) is 32.4. The summed E-state index contributed by atoms with van der Waals surface area (Å²) in [5.74, 6) is -11.4. The maximum atomic E-state index is 15.1. The lowest BCUT2D eigenvalue weighted by Gasteiger charge is -2.20. The number of hydrazone groups is 1. The Bertz CT molecular complexity index is 1780. The molecule has 234 valence electrons. The number of pyridine rings is 1. The van der Waals surface area contributed by atoms with E-state index in [1.165, 1.54) is 18.3 Å². The number of halogens is 8. The van der Waals surface area contributed by atoms with Gasteiger partial charge in [-0.25, -0.2) is 13.2 Å². The predicted octanol–water partition coefficient (Wildman–Crippen LogP) is 6.67. The maximum Gasteiger partial charge on any atom is 0.436 e. The number of benzene rings is 2. The van der Waals surface area contributed by atoms with Gasteiger partial charge in [0.25, 0.3) is 5.71 Å². The first-order chi connectivity index (χ1) is 21.1. The molecule has 2 saturated carbocycles. The summed E-state index contributed by atoms with van der Waals surface area (Å²) in [6.07, 6.45) is -4.23. The highest BCUT2D eigenvalue weighted by Gasteiger charge is 2.78. The molecule has 0 amide bonds. The van der Waals surface area contributed by atoms with Crippen molar-refractivity contribution < 1.29 is 44.6 Å². The Hall–Kier alpha value is -4.42. The Labute approximate surface area is 251 Å². The monoisotopic (exact) mass is 633 g/mol. The molecular formula is C32H25F8N4O+. The summed E-state index contributed by atoms with van der Waals surface area (Å²) in [6.45, 7) is 2.69. The fourth-order valence-corrected chi connectivity index (χ4v) is 6.58. The lowest BCUT2D eigenvalue weighted by molar-refractivity contribution is -0.524. The fraction of sp³-hybridized carbons (Fsp3) is 0.312. The Morgan fingerprint density at radius 3 is 2.47 bits per heavy atom. The number of fused-ring (bicyclic) bond motifs is 3. The maximum absolute atomic E-state index is 15.1. The van der Waals surface area contributed by atoms with Crippen molar-refractivity contribution in [3.8, 4) is 11.1 Å². The smallest absolute Gasteiger partial charge is 0.399 e. The van der Waals surface area contributed by atoms with Crippen molar-refractivity contribution in [3.05, 3.63) is 95.6 Å². The third kappa shape index (κ3) is 5.64. The van der Waals surface area contributed by atoms with Crippen LogP contribution in [0, 0.1) is 35.2 Å². The van der Waals surface area contributed by atoms with Crippen LogP contribution in [-0.4, -0.2) is 45.5 Å². The van der Waals surface area contributed by atoms with E-state index in [1.54, 1.807) is 12.1 Å². The van der Waals surface area contributed by atoms with Gasteiger partial charge in [-0.2, -0.15) is 22.0 Å². The Kier molecular flexibility index (Phi) is 7.40. The molecule has 1 aromatic heterocycles. The molecule has 2 heterocycles. The highest BCUT2D eigenvalue weighted by Crippen LogP contribution is 2.63. The van der Waals surface area contributed by atoms with Crippen molar-refractivity contribution >= 4 is 22.9 Å². The summed E-state index contributed by atoms with van der Waals surface area (Å²) in [7, 11) is 0. The van der Waals surface area contributed by atoms with Crippen LogP contribution in [0.4, 0.5) is 35.1 Å². The van der Waals surface area contributed by atoms with E-state index in [-0.39, 0.29) is 35.4 Å². The average Bonchev–Trinajstić information content (AvgIpc) is 3.60. The quantitative estimate of drug-likeness (QED) is 0.212. The molecule has 5 nitrogen and oxygen atoms in total. The van der Waals surface area contributed by atoms with Crippen LogP contribution in [0.1, 0.15) is 35.6 Å². The van der Waals surface area contributed by atoms with Crippen LogP contribution < -0.4 is 5.73 Å². The summed E-state index contributed by atoms with van der Waals surface area (Å²) >= 11 is 0. The molecule has 6 rings (SSSR count). The van der Waals surface area contributed by atoms with Crippen molar-refractivity contribution in [1.82, 2.24) is 4.98 Å². The second-order valence-corrected chi connectivity index (χ2v) is 11.6. The van der Waals surface area contributed by atoms with Gasteiger partial charge in [0.2, 0.25) is 18.0 Å². The summed E-state index contributed by atoms with van der Waals surface area (Å²) in [5.41, 5.74) is 4.74. The summed E-state index contributed by atoms with van der Waals surface area (Å²) in [6, 6.07) is 9.99. The topological polar surface area (TPSA) is 71.3 Å². The van der Waals surface area contributed by atoms with Crippen LogP contribution in [-0.2, 0) is 11.2 Å². The molecule has 0 radical (unpaired) electrons. The lowest BCUT2D eigenvalue weighted by atomic mass is 9.86. The normalized spacial score (nSPS) is 22.1. The molecule has 13 heteroatoms. The van der Waals surface area contributed by atoms with Gasteiger partial charge in [0.05, 0.1) is 5.69 Å². The number of aromatic nitrogens is 1. The highest BCUT2D eigenvalue weighted by molar-refractivity contribution is 6.15. The molecule has 45 heavy (non-hydrogen) atoms. The number of hydrogen-bond donors (Lipinski definition) is 1. The van der Waals surface area contributed by atoms with Gasteiger partial charge in [-0.15, -0.1) is 0 Å². The molecule has 2 aliphatic carbocycles. The number of rotatable bonds is 9. The van der Waals surface area contributed by atoms with Crippen LogP contribution >= 0.6 is 0 Å². The number of carbonyl (C=O) groups is 1. The first-order valence-corrected chi connectivity index (χ1v) is 14.0. The van der Waals surface area contributed by atoms with Gasteiger partial charge >= 0.3 is 12.1 Å². The third-order valence-electron chi connectivity index (χ3n) is 8.51. The van der Waals surface area contributed by atoms with E-state index in [2.05, 4.69) is 16.7 Å². The summed E-state index contributed by atoms with van der Waals surface area (Å²) < 4.78 is 115. The van der Waals surface area contributed by atoms with Crippen molar-refractivity contribution in [2.45, 2.75) is 37.3 Å². The van der Waals surface area contributed by atoms with Crippen molar-refractivity contribution in [2.24, 2.45) is 28.6 Å². The van der Waals surface area contributed by atoms with E-state index in [9.17, 15) is 31.1 Å². The number of Topliss-reactive ketones (excluding diaryl/α,β-unsaturated/α-hetero) is 1. The Balaban J connectivity index is 1.37. The number of ketones is 1. The minimum atomic E-state index is -4.96. The standard InChI is InChI=1S/C32H25F8N4O/c1-15(41)23-11-17(4-5-26(23)35)22-3-2-6-42-28(22)18(7-16-8-19(33)12-20(34)9-16)10-21(45)14-44-30-27(29(43-44)32(38,39)40)24-13-25(24)31(30,36)37/h2-6,8-9,11-12,18,24-25,27H,1,7,10,13-14,41H2/q+1/t18-,24?,25?,27?/m1/s1. The highest BCUT2D eigenvalue weighted by atomic mass is 19.4. The van der Waals surface area contributed by atoms with Gasteiger partial charge in [-0.1, -0.05) is 23.4 Å². The molecule has 2 N–H and O–H groups in total. The molecule has 4 atom stereocenters. The minimum Gasteiger partial charge on any atom is -0.399 e. The molecule has 2 aromatic carbocycles. The number of alkyl halides is 5. The summed E-state index contributed by atoms with van der Waals surface area (Å²) in [4.78, 5) is 17.9. The lowest BCUT2D eigenvalue weighted by Crippen LogP contribution is -2.39. The van der Waals surface area contributed by atoms with Gasteiger partial charge in [-0.3, -0.25) is 9.78 Å². The molecule has 1 aliphatic heterocycles. The zero-order valence-corrected chi connectivity index (χ0v) is 23.4. The largest absolute Gasteiger partial charge is 0.436 e. The molecule has 3 aromatic rings. The van der Waals surface area contributed by atoms with E-state index in [0.717, 1.165) is 18.2 Å². The van der Waals surface area contributed by atoms with Crippen LogP contribution in [0.5, 0.6) is 0 Å². The second-order valence-electron chi connectivity index (χ2n) is 11.6. The number of hydrogen-bond acceptors (Lipinski definition) is 4. The van der Waals surface area contributed by atoms with Gasteiger partial charge in [-0.05, 0) is 60.2 Å². The molecule has 3 unspecified atom stereocenters. The fourth-order valence-electron chi connectivity index (χ4n) is 6.58. The predicted molar refractivity (Wildman–Crippen MR) is 149 cm³/mol. The van der Waals surface area contributed by atoms with E-state index in [4.69, 9.17) is 5.73 Å². The van der Waals surface area contributed by atoms with Crippen molar-refractivity contribution in [2.75, 3.05) is 6.54 Å².